The van der Waals surface area contributed by atoms with E-state index >= 15 is 0 Å². The van der Waals surface area contributed by atoms with Crippen molar-refractivity contribution in [2.45, 2.75) is 58.0 Å². The standard InChI is InChI=1S/C13H22ClN3/c1-9(2)17-13(11(14)8-16-17)12(15)10-6-4-3-5-7-10/h8-10,12H,3-7,15H2,1-2H3. The molecule has 0 amide bonds. The first kappa shape index (κ1) is 12.9. The van der Waals surface area contributed by atoms with Gasteiger partial charge in [-0.05, 0) is 32.6 Å². The molecule has 0 bridgehead atoms. The van der Waals surface area contributed by atoms with Crippen molar-refractivity contribution in [1.29, 1.82) is 0 Å². The summed E-state index contributed by atoms with van der Waals surface area (Å²) >= 11 is 6.24. The molecule has 1 heterocycles. The molecule has 4 heteroatoms. The minimum absolute atomic E-state index is 0.0349. The molecule has 2 rings (SSSR count). The highest BCUT2D eigenvalue weighted by Crippen LogP contribution is 2.36. The molecule has 1 fully saturated rings. The van der Waals surface area contributed by atoms with E-state index in [9.17, 15) is 0 Å². The lowest BCUT2D eigenvalue weighted by atomic mass is 9.83. The summed E-state index contributed by atoms with van der Waals surface area (Å²) in [6.45, 7) is 4.22. The molecule has 0 saturated heterocycles. The summed E-state index contributed by atoms with van der Waals surface area (Å²) in [6.07, 6.45) is 8.11. The minimum atomic E-state index is 0.0349. The number of hydrogen-bond acceptors (Lipinski definition) is 2. The molecule has 0 spiro atoms. The lowest BCUT2D eigenvalue weighted by Gasteiger charge is -2.28. The van der Waals surface area contributed by atoms with Gasteiger partial charge < -0.3 is 5.73 Å². The van der Waals surface area contributed by atoms with E-state index in [1.807, 2.05) is 4.68 Å². The van der Waals surface area contributed by atoms with Gasteiger partial charge in [0, 0.05) is 6.04 Å². The van der Waals surface area contributed by atoms with E-state index in [2.05, 4.69) is 18.9 Å². The maximum absolute atomic E-state index is 6.41. The van der Waals surface area contributed by atoms with Gasteiger partial charge in [0.2, 0.25) is 0 Å². The molecular formula is C13H22ClN3. The molecule has 17 heavy (non-hydrogen) atoms. The SMILES string of the molecule is CC(C)n1ncc(Cl)c1C(N)C1CCCCC1. The second-order valence-electron chi connectivity index (χ2n) is 5.34. The van der Waals surface area contributed by atoms with E-state index in [0.29, 0.717) is 12.0 Å². The van der Waals surface area contributed by atoms with Gasteiger partial charge in [0.15, 0.2) is 0 Å². The zero-order valence-electron chi connectivity index (χ0n) is 10.7. The number of halogens is 1. The van der Waals surface area contributed by atoms with Crippen LogP contribution >= 0.6 is 11.6 Å². The van der Waals surface area contributed by atoms with Gasteiger partial charge in [0.25, 0.3) is 0 Å². The zero-order valence-corrected chi connectivity index (χ0v) is 11.5. The van der Waals surface area contributed by atoms with Gasteiger partial charge in [-0.15, -0.1) is 0 Å². The third-order valence-electron chi connectivity index (χ3n) is 3.75. The number of aromatic nitrogens is 2. The first-order chi connectivity index (χ1) is 8.11. The van der Waals surface area contributed by atoms with Gasteiger partial charge in [-0.2, -0.15) is 5.10 Å². The van der Waals surface area contributed by atoms with Crippen LogP contribution in [0.5, 0.6) is 0 Å². The Labute approximate surface area is 108 Å². The van der Waals surface area contributed by atoms with E-state index in [4.69, 9.17) is 17.3 Å². The Bertz CT molecular complexity index is 367. The molecule has 0 aliphatic heterocycles. The Morgan fingerprint density at radius 3 is 2.59 bits per heavy atom. The van der Waals surface area contributed by atoms with Gasteiger partial charge in [0.1, 0.15) is 0 Å². The first-order valence-electron chi connectivity index (χ1n) is 6.59. The molecule has 1 aromatic rings. The van der Waals surface area contributed by atoms with E-state index in [1.165, 1.54) is 32.1 Å². The summed E-state index contributed by atoms with van der Waals surface area (Å²) in [4.78, 5) is 0. The molecule has 1 atom stereocenters. The number of hydrogen-bond donors (Lipinski definition) is 1. The molecule has 1 saturated carbocycles. The summed E-state index contributed by atoms with van der Waals surface area (Å²) in [6, 6.07) is 0.347. The molecule has 1 aliphatic carbocycles. The summed E-state index contributed by atoms with van der Waals surface area (Å²) in [7, 11) is 0. The van der Waals surface area contributed by atoms with Crippen molar-refractivity contribution >= 4 is 11.6 Å². The highest BCUT2D eigenvalue weighted by molar-refractivity contribution is 6.31. The molecule has 0 radical (unpaired) electrons. The van der Waals surface area contributed by atoms with Crippen molar-refractivity contribution in [3.63, 3.8) is 0 Å². The second kappa shape index (κ2) is 5.40. The molecule has 96 valence electrons. The Kier molecular flexibility index (Phi) is 4.10. The summed E-state index contributed by atoms with van der Waals surface area (Å²) in [5.41, 5.74) is 7.43. The van der Waals surface area contributed by atoms with Gasteiger partial charge in [-0.25, -0.2) is 0 Å². The predicted octanol–water partition coefficient (Wildman–Crippen LogP) is 3.70. The van der Waals surface area contributed by atoms with Crippen molar-refractivity contribution in [3.8, 4) is 0 Å². The number of rotatable bonds is 3. The number of nitrogens with two attached hydrogens (primary N) is 1. The van der Waals surface area contributed by atoms with Crippen LogP contribution in [0.2, 0.25) is 5.02 Å². The van der Waals surface area contributed by atoms with Crippen molar-refractivity contribution in [3.05, 3.63) is 16.9 Å². The molecule has 3 nitrogen and oxygen atoms in total. The largest absolute Gasteiger partial charge is 0.322 e. The van der Waals surface area contributed by atoms with Crippen molar-refractivity contribution in [2.75, 3.05) is 0 Å². The molecule has 0 aromatic carbocycles. The van der Waals surface area contributed by atoms with E-state index in [0.717, 1.165) is 10.7 Å². The smallest absolute Gasteiger partial charge is 0.0834 e. The third-order valence-corrected chi connectivity index (χ3v) is 4.04. The van der Waals surface area contributed by atoms with Gasteiger partial charge in [-0.3, -0.25) is 4.68 Å². The average Bonchev–Trinajstić information content (AvgIpc) is 2.71. The Hall–Kier alpha value is -0.540. The summed E-state index contributed by atoms with van der Waals surface area (Å²) in [5.74, 6) is 0.565. The van der Waals surface area contributed by atoms with E-state index in [-0.39, 0.29) is 6.04 Å². The molecule has 2 N–H and O–H groups in total. The van der Waals surface area contributed by atoms with Crippen molar-refractivity contribution in [2.24, 2.45) is 11.7 Å². The maximum Gasteiger partial charge on any atom is 0.0834 e. The van der Waals surface area contributed by atoms with Crippen LogP contribution in [0.15, 0.2) is 6.20 Å². The maximum atomic E-state index is 6.41. The fourth-order valence-corrected chi connectivity index (χ4v) is 3.05. The molecule has 1 aliphatic rings. The van der Waals surface area contributed by atoms with Gasteiger partial charge >= 0.3 is 0 Å². The Balaban J connectivity index is 2.22. The average molecular weight is 256 g/mol. The number of nitrogens with zero attached hydrogens (tertiary/aromatic N) is 2. The van der Waals surface area contributed by atoms with Gasteiger partial charge in [0.05, 0.1) is 23.0 Å². The minimum Gasteiger partial charge on any atom is -0.322 e. The highest BCUT2D eigenvalue weighted by atomic mass is 35.5. The fraction of sp³-hybridized carbons (Fsp3) is 0.769. The first-order valence-corrected chi connectivity index (χ1v) is 6.97. The highest BCUT2D eigenvalue weighted by Gasteiger charge is 2.27. The normalized spacial score (nSPS) is 19.8. The quantitative estimate of drug-likeness (QED) is 0.895. The van der Waals surface area contributed by atoms with Crippen LogP contribution in [-0.4, -0.2) is 9.78 Å². The van der Waals surface area contributed by atoms with Gasteiger partial charge in [-0.1, -0.05) is 30.9 Å². The van der Waals surface area contributed by atoms with Crippen LogP contribution in [-0.2, 0) is 0 Å². The van der Waals surface area contributed by atoms with Crippen LogP contribution in [0, 0.1) is 5.92 Å². The zero-order chi connectivity index (χ0) is 12.4. The molecule has 1 unspecified atom stereocenters. The van der Waals surface area contributed by atoms with Crippen molar-refractivity contribution < 1.29 is 0 Å². The van der Waals surface area contributed by atoms with Crippen LogP contribution in [0.3, 0.4) is 0 Å². The monoisotopic (exact) mass is 255 g/mol. The Morgan fingerprint density at radius 1 is 1.35 bits per heavy atom. The second-order valence-corrected chi connectivity index (χ2v) is 5.75. The summed E-state index contributed by atoms with van der Waals surface area (Å²) < 4.78 is 1.97. The van der Waals surface area contributed by atoms with Crippen molar-refractivity contribution in [1.82, 2.24) is 9.78 Å². The van der Waals surface area contributed by atoms with E-state index < -0.39 is 0 Å². The Morgan fingerprint density at radius 2 is 2.00 bits per heavy atom. The van der Waals surface area contributed by atoms with Crippen LogP contribution < -0.4 is 5.73 Å². The van der Waals surface area contributed by atoms with Crippen LogP contribution in [0.1, 0.15) is 63.7 Å². The molecular weight excluding hydrogens is 234 g/mol. The summed E-state index contributed by atoms with van der Waals surface area (Å²) in [5, 5.41) is 5.06. The van der Waals surface area contributed by atoms with Crippen LogP contribution in [0.25, 0.3) is 0 Å². The topological polar surface area (TPSA) is 43.8 Å². The molecule has 1 aromatic heterocycles. The van der Waals surface area contributed by atoms with Crippen LogP contribution in [0.4, 0.5) is 0 Å². The lowest BCUT2D eigenvalue weighted by Crippen LogP contribution is -2.27. The predicted molar refractivity (Wildman–Crippen MR) is 71.1 cm³/mol. The lowest BCUT2D eigenvalue weighted by molar-refractivity contribution is 0.294. The fourth-order valence-electron chi connectivity index (χ4n) is 2.79. The van der Waals surface area contributed by atoms with E-state index in [1.54, 1.807) is 6.20 Å². The third kappa shape index (κ3) is 2.66.